The number of aromatic amines is 1. The van der Waals surface area contributed by atoms with Crippen molar-refractivity contribution in [2.45, 2.75) is 5.92 Å². The van der Waals surface area contributed by atoms with Crippen LogP contribution in [0.4, 0.5) is 5.95 Å². The number of carbonyl (C=O) groups excluding carboxylic acids is 1. The number of H-pyrrole nitrogens is 1. The van der Waals surface area contributed by atoms with Crippen LogP contribution in [-0.4, -0.2) is 23.0 Å². The lowest BCUT2D eigenvalue weighted by atomic mass is 9.90. The third-order valence-corrected chi connectivity index (χ3v) is 3.88. The number of nitrogens with zero attached hydrogens (tertiary/aromatic N) is 1. The number of nitrogens with two attached hydrogens (primary N) is 2. The molecule has 6 nitrogen and oxygen atoms in total. The van der Waals surface area contributed by atoms with Gasteiger partial charge in [-0.2, -0.15) is 0 Å². The normalized spacial score (nSPS) is 11.4. The van der Waals surface area contributed by atoms with E-state index in [1.165, 1.54) is 0 Å². The number of hydrogen-bond donors (Lipinski definition) is 3. The maximum absolute atomic E-state index is 12.0. The van der Waals surface area contributed by atoms with Crippen molar-refractivity contribution in [3.63, 3.8) is 0 Å². The van der Waals surface area contributed by atoms with Gasteiger partial charge in [0, 0.05) is 0 Å². The summed E-state index contributed by atoms with van der Waals surface area (Å²) in [5, 5.41) is 0. The lowest BCUT2D eigenvalue weighted by molar-refractivity contribution is -0.118. The number of benzene rings is 2. The summed E-state index contributed by atoms with van der Waals surface area (Å²) in [6, 6.07) is 14.9. The Morgan fingerprint density at radius 1 is 1.08 bits per heavy atom. The van der Waals surface area contributed by atoms with Crippen molar-refractivity contribution < 1.29 is 9.53 Å². The third kappa shape index (κ3) is 3.92. The predicted molar refractivity (Wildman–Crippen MR) is 99.7 cm³/mol. The first-order valence-electron chi connectivity index (χ1n) is 7.42. The minimum Gasteiger partial charge on any atom is -0.497 e. The van der Waals surface area contributed by atoms with Crippen molar-refractivity contribution in [2.75, 3.05) is 12.8 Å². The fourth-order valence-electron chi connectivity index (χ4n) is 2.66. The molecule has 1 aromatic heterocycles. The number of primary amides is 1. The van der Waals surface area contributed by atoms with E-state index < -0.39 is 11.8 Å². The minimum atomic E-state index is -0.517. The number of halogens is 1. The Hall–Kier alpha value is -2.99. The molecule has 0 saturated heterocycles. The van der Waals surface area contributed by atoms with Gasteiger partial charge in [0.15, 0.2) is 5.95 Å². The summed E-state index contributed by atoms with van der Waals surface area (Å²) >= 11 is 0. The van der Waals surface area contributed by atoms with Gasteiger partial charge >= 0.3 is 0 Å². The summed E-state index contributed by atoms with van der Waals surface area (Å²) < 4.78 is 5.15. The van der Waals surface area contributed by atoms with Crippen molar-refractivity contribution in [1.82, 2.24) is 9.97 Å². The molecule has 1 heterocycles. The summed E-state index contributed by atoms with van der Waals surface area (Å²) in [5.41, 5.74) is 14.6. The molecule has 25 heavy (non-hydrogen) atoms. The first-order valence-corrected chi connectivity index (χ1v) is 7.42. The summed E-state index contributed by atoms with van der Waals surface area (Å²) in [6.45, 7) is 0. The zero-order chi connectivity index (χ0) is 17.1. The van der Waals surface area contributed by atoms with Crippen molar-refractivity contribution in [3.05, 3.63) is 65.9 Å². The van der Waals surface area contributed by atoms with Crippen LogP contribution >= 0.6 is 12.4 Å². The Balaban J connectivity index is 0.00000225. The van der Waals surface area contributed by atoms with Gasteiger partial charge in [0.1, 0.15) is 5.75 Å². The van der Waals surface area contributed by atoms with Crippen molar-refractivity contribution in [3.8, 4) is 17.0 Å². The zero-order valence-electron chi connectivity index (χ0n) is 13.6. The van der Waals surface area contributed by atoms with E-state index in [9.17, 15) is 4.79 Å². The molecule has 0 bridgehead atoms. The fourth-order valence-corrected chi connectivity index (χ4v) is 2.66. The molecule has 0 aliphatic heterocycles. The van der Waals surface area contributed by atoms with Crippen LogP contribution in [-0.2, 0) is 4.79 Å². The van der Waals surface area contributed by atoms with Crippen LogP contribution in [0.1, 0.15) is 17.0 Å². The summed E-state index contributed by atoms with van der Waals surface area (Å²) in [5.74, 6) is 0.173. The fraction of sp³-hybridized carbons (Fsp3) is 0.111. The van der Waals surface area contributed by atoms with E-state index in [1.54, 1.807) is 13.3 Å². The van der Waals surface area contributed by atoms with Crippen LogP contribution in [0.2, 0.25) is 0 Å². The molecule has 1 atom stereocenters. The van der Waals surface area contributed by atoms with Crippen molar-refractivity contribution in [1.29, 1.82) is 0 Å². The van der Waals surface area contributed by atoms with Crippen molar-refractivity contribution >= 4 is 24.3 Å². The summed E-state index contributed by atoms with van der Waals surface area (Å²) in [7, 11) is 1.60. The Kier molecular flexibility index (Phi) is 5.67. The minimum absolute atomic E-state index is 0. The van der Waals surface area contributed by atoms with Gasteiger partial charge < -0.3 is 21.2 Å². The van der Waals surface area contributed by atoms with E-state index in [4.69, 9.17) is 16.2 Å². The average Bonchev–Trinajstić information content (AvgIpc) is 3.02. The number of amides is 1. The van der Waals surface area contributed by atoms with Gasteiger partial charge in [-0.05, 0) is 28.8 Å². The van der Waals surface area contributed by atoms with Gasteiger partial charge in [-0.15, -0.1) is 12.4 Å². The molecule has 5 N–H and O–H groups in total. The summed E-state index contributed by atoms with van der Waals surface area (Å²) in [6.07, 6.45) is 1.67. The molecule has 0 radical (unpaired) electrons. The average molecular weight is 359 g/mol. The van der Waals surface area contributed by atoms with Crippen LogP contribution in [0, 0.1) is 0 Å². The second-order valence-electron chi connectivity index (χ2n) is 5.41. The molecule has 0 fully saturated rings. The van der Waals surface area contributed by atoms with E-state index in [1.807, 2.05) is 48.5 Å². The van der Waals surface area contributed by atoms with Gasteiger partial charge in [-0.25, -0.2) is 4.98 Å². The predicted octanol–water partition coefficient (Wildman–Crippen LogP) is 2.71. The Labute approximate surface area is 151 Å². The molecule has 3 rings (SSSR count). The summed E-state index contributed by atoms with van der Waals surface area (Å²) in [4.78, 5) is 18.9. The van der Waals surface area contributed by atoms with E-state index in [0.717, 1.165) is 28.1 Å². The number of nitrogen functional groups attached to an aromatic ring is 1. The van der Waals surface area contributed by atoms with Gasteiger partial charge in [-0.3, -0.25) is 4.79 Å². The second-order valence-corrected chi connectivity index (χ2v) is 5.41. The Bertz CT molecular complexity index is 844. The number of hydrogen-bond acceptors (Lipinski definition) is 4. The van der Waals surface area contributed by atoms with E-state index in [-0.39, 0.29) is 12.4 Å². The van der Waals surface area contributed by atoms with E-state index in [2.05, 4.69) is 9.97 Å². The van der Waals surface area contributed by atoms with Crippen LogP contribution in [0.5, 0.6) is 5.75 Å². The third-order valence-electron chi connectivity index (χ3n) is 3.88. The quantitative estimate of drug-likeness (QED) is 0.651. The van der Waals surface area contributed by atoms with Crippen LogP contribution in [0.15, 0.2) is 54.7 Å². The van der Waals surface area contributed by atoms with Gasteiger partial charge in [-0.1, -0.05) is 36.4 Å². The Morgan fingerprint density at radius 2 is 1.64 bits per heavy atom. The largest absolute Gasteiger partial charge is 0.497 e. The monoisotopic (exact) mass is 358 g/mol. The maximum atomic E-state index is 12.0. The molecule has 1 amide bonds. The lowest BCUT2D eigenvalue weighted by Crippen LogP contribution is -2.22. The van der Waals surface area contributed by atoms with Gasteiger partial charge in [0.2, 0.25) is 5.91 Å². The smallest absolute Gasteiger partial charge is 0.229 e. The zero-order valence-corrected chi connectivity index (χ0v) is 14.4. The highest BCUT2D eigenvalue weighted by molar-refractivity contribution is 5.86. The number of methoxy groups -OCH3 is 1. The highest BCUT2D eigenvalue weighted by atomic mass is 35.5. The van der Waals surface area contributed by atoms with Crippen LogP contribution in [0.3, 0.4) is 0 Å². The maximum Gasteiger partial charge on any atom is 0.229 e. The molecule has 130 valence electrons. The second kappa shape index (κ2) is 7.72. The molecule has 0 spiro atoms. The molecule has 1 unspecified atom stereocenters. The number of imidazole rings is 1. The SMILES string of the molecule is COc1ccc(C(C(N)=O)c2ccc(-c3cnc(N)[nH]3)cc2)cc1.Cl. The van der Waals surface area contributed by atoms with E-state index >= 15 is 0 Å². The number of aromatic nitrogens is 2. The number of nitrogens with one attached hydrogen (secondary N) is 1. The van der Waals surface area contributed by atoms with Crippen LogP contribution in [0.25, 0.3) is 11.3 Å². The van der Waals surface area contributed by atoms with Gasteiger partial charge in [0.25, 0.3) is 0 Å². The molecular formula is C18H19ClN4O2. The molecular weight excluding hydrogens is 340 g/mol. The topological polar surface area (TPSA) is 107 Å². The number of rotatable bonds is 5. The molecule has 7 heteroatoms. The van der Waals surface area contributed by atoms with Crippen molar-refractivity contribution in [2.24, 2.45) is 5.73 Å². The standard InChI is InChI=1S/C18H18N4O2.ClH/c1-24-14-8-6-13(7-9-14)16(17(19)23)12-4-2-11(3-5-12)15-10-21-18(20)22-15;/h2-10,16H,1H3,(H2,19,23)(H3,20,21,22);1H. The first kappa shape index (κ1) is 18.4. The number of carbonyl (C=O) groups is 1. The van der Waals surface area contributed by atoms with E-state index in [0.29, 0.717) is 5.95 Å². The molecule has 2 aromatic carbocycles. The lowest BCUT2D eigenvalue weighted by Gasteiger charge is -2.15. The molecule has 0 aliphatic carbocycles. The first-order chi connectivity index (χ1) is 11.6. The molecule has 0 saturated carbocycles. The van der Waals surface area contributed by atoms with Gasteiger partial charge in [0.05, 0.1) is 24.9 Å². The Morgan fingerprint density at radius 3 is 2.08 bits per heavy atom. The highest BCUT2D eigenvalue weighted by Crippen LogP contribution is 2.28. The molecule has 3 aromatic rings. The molecule has 0 aliphatic rings. The number of ether oxygens (including phenoxy) is 1. The van der Waals surface area contributed by atoms with Crippen LogP contribution < -0.4 is 16.2 Å². The highest BCUT2D eigenvalue weighted by Gasteiger charge is 2.20. The number of anilines is 1.